The second-order valence-corrected chi connectivity index (χ2v) is 5.83. The molecule has 1 fully saturated rings. The molecule has 7 nitrogen and oxygen atoms in total. The minimum atomic E-state index is -0.952. The highest BCUT2D eigenvalue weighted by atomic mass is 16.5. The Bertz CT molecular complexity index is 595. The SMILES string of the molecule is COc1ccc(OC)c(CC(=O)NCC2(C(=O)O)CCOCC2)c1. The van der Waals surface area contributed by atoms with Crippen molar-refractivity contribution in [3.63, 3.8) is 0 Å². The van der Waals surface area contributed by atoms with Gasteiger partial charge in [-0.2, -0.15) is 0 Å². The van der Waals surface area contributed by atoms with E-state index in [0.717, 1.165) is 0 Å². The van der Waals surface area contributed by atoms with Crippen LogP contribution in [0.3, 0.4) is 0 Å². The van der Waals surface area contributed by atoms with Gasteiger partial charge in [0.2, 0.25) is 5.91 Å². The largest absolute Gasteiger partial charge is 0.497 e. The van der Waals surface area contributed by atoms with Crippen LogP contribution in [0.1, 0.15) is 18.4 Å². The molecule has 2 N–H and O–H groups in total. The maximum absolute atomic E-state index is 12.3. The zero-order chi connectivity index (χ0) is 17.6. The summed E-state index contributed by atoms with van der Waals surface area (Å²) in [7, 11) is 3.08. The van der Waals surface area contributed by atoms with Crippen molar-refractivity contribution >= 4 is 11.9 Å². The van der Waals surface area contributed by atoms with Crippen molar-refractivity contribution < 1.29 is 28.9 Å². The Morgan fingerprint density at radius 2 is 1.96 bits per heavy atom. The van der Waals surface area contributed by atoms with E-state index in [1.807, 2.05) is 0 Å². The molecule has 0 spiro atoms. The van der Waals surface area contributed by atoms with Crippen molar-refractivity contribution in [3.8, 4) is 11.5 Å². The number of benzene rings is 1. The van der Waals surface area contributed by atoms with Gasteiger partial charge in [0.25, 0.3) is 0 Å². The van der Waals surface area contributed by atoms with Gasteiger partial charge in [-0.15, -0.1) is 0 Å². The van der Waals surface area contributed by atoms with Crippen LogP contribution in [0, 0.1) is 5.41 Å². The molecule has 1 aromatic rings. The summed E-state index contributed by atoms with van der Waals surface area (Å²) in [4.78, 5) is 23.8. The number of carboxylic acid groups (broad SMARTS) is 1. The second-order valence-electron chi connectivity index (χ2n) is 5.83. The van der Waals surface area contributed by atoms with Crippen molar-refractivity contribution in [3.05, 3.63) is 23.8 Å². The summed E-state index contributed by atoms with van der Waals surface area (Å²) in [5.41, 5.74) is -0.266. The molecule has 0 aliphatic carbocycles. The second kappa shape index (κ2) is 8.01. The number of hydrogen-bond donors (Lipinski definition) is 2. The van der Waals surface area contributed by atoms with Crippen LogP contribution in [0.2, 0.25) is 0 Å². The highest BCUT2D eigenvalue weighted by Crippen LogP contribution is 2.30. The maximum Gasteiger partial charge on any atom is 0.311 e. The highest BCUT2D eigenvalue weighted by molar-refractivity contribution is 5.81. The number of carbonyl (C=O) groups is 2. The number of nitrogens with one attached hydrogen (secondary N) is 1. The first-order valence-corrected chi connectivity index (χ1v) is 7.79. The van der Waals surface area contributed by atoms with Gasteiger partial charge in [0.1, 0.15) is 11.5 Å². The van der Waals surface area contributed by atoms with Gasteiger partial charge in [0.15, 0.2) is 0 Å². The molecule has 0 unspecified atom stereocenters. The van der Waals surface area contributed by atoms with Crippen LogP contribution in [0.4, 0.5) is 0 Å². The van der Waals surface area contributed by atoms with Crippen molar-refractivity contribution in [2.45, 2.75) is 19.3 Å². The van der Waals surface area contributed by atoms with Gasteiger partial charge in [-0.25, -0.2) is 0 Å². The monoisotopic (exact) mass is 337 g/mol. The van der Waals surface area contributed by atoms with Crippen LogP contribution in [0.5, 0.6) is 11.5 Å². The Kier molecular flexibility index (Phi) is 6.03. The van der Waals surface area contributed by atoms with Gasteiger partial charge in [-0.3, -0.25) is 9.59 Å². The van der Waals surface area contributed by atoms with E-state index in [4.69, 9.17) is 14.2 Å². The lowest BCUT2D eigenvalue weighted by molar-refractivity contribution is -0.154. The number of ether oxygens (including phenoxy) is 3. The molecule has 132 valence electrons. The standard InChI is InChI=1S/C17H23NO6/c1-22-13-3-4-14(23-2)12(9-13)10-15(19)18-11-17(16(20)21)5-7-24-8-6-17/h3-4,9H,5-8,10-11H2,1-2H3,(H,18,19)(H,20,21). The van der Waals surface area contributed by atoms with Gasteiger partial charge >= 0.3 is 5.97 Å². The fraction of sp³-hybridized carbons (Fsp3) is 0.529. The van der Waals surface area contributed by atoms with Crippen molar-refractivity contribution in [2.24, 2.45) is 5.41 Å². The lowest BCUT2D eigenvalue weighted by Gasteiger charge is -2.33. The summed E-state index contributed by atoms with van der Waals surface area (Å²) in [5.74, 6) is 0.0636. The van der Waals surface area contributed by atoms with Crippen LogP contribution < -0.4 is 14.8 Å². The van der Waals surface area contributed by atoms with Crippen LogP contribution >= 0.6 is 0 Å². The van der Waals surface area contributed by atoms with Gasteiger partial charge in [-0.05, 0) is 31.0 Å². The summed E-state index contributed by atoms with van der Waals surface area (Å²) in [5, 5.41) is 12.2. The number of aliphatic carboxylic acids is 1. The first-order chi connectivity index (χ1) is 11.5. The first kappa shape index (κ1) is 18.1. The number of methoxy groups -OCH3 is 2. The molecule has 1 aliphatic heterocycles. The third-order valence-corrected chi connectivity index (χ3v) is 4.37. The molecule has 24 heavy (non-hydrogen) atoms. The summed E-state index contributed by atoms with van der Waals surface area (Å²) in [6.07, 6.45) is 0.878. The number of amides is 1. The van der Waals surface area contributed by atoms with Gasteiger partial charge < -0.3 is 24.6 Å². The first-order valence-electron chi connectivity index (χ1n) is 7.79. The predicted octanol–water partition coefficient (Wildman–Crippen LogP) is 1.24. The minimum absolute atomic E-state index is 0.0899. The molecule has 1 amide bonds. The molecule has 1 saturated heterocycles. The maximum atomic E-state index is 12.3. The molecule has 0 aromatic heterocycles. The Labute approximate surface area is 140 Å². The van der Waals surface area contributed by atoms with E-state index < -0.39 is 11.4 Å². The summed E-state index contributed by atoms with van der Waals surface area (Å²) < 4.78 is 15.6. The molecule has 0 radical (unpaired) electrons. The molecule has 7 heteroatoms. The zero-order valence-corrected chi connectivity index (χ0v) is 14.0. The molecule has 2 rings (SSSR count). The normalized spacial score (nSPS) is 16.2. The van der Waals surface area contributed by atoms with Gasteiger partial charge in [-0.1, -0.05) is 0 Å². The van der Waals surface area contributed by atoms with E-state index in [1.54, 1.807) is 25.3 Å². The molecule has 1 heterocycles. The predicted molar refractivity (Wildman–Crippen MR) is 86.4 cm³/mol. The van der Waals surface area contributed by atoms with E-state index >= 15 is 0 Å². The quantitative estimate of drug-likeness (QED) is 0.777. The Hall–Kier alpha value is -2.28. The summed E-state index contributed by atoms with van der Waals surface area (Å²) >= 11 is 0. The van der Waals surface area contributed by atoms with Crippen molar-refractivity contribution in [1.29, 1.82) is 0 Å². The van der Waals surface area contributed by atoms with E-state index in [-0.39, 0.29) is 18.9 Å². The molecule has 0 atom stereocenters. The number of hydrogen-bond acceptors (Lipinski definition) is 5. The Morgan fingerprint density at radius 3 is 2.54 bits per heavy atom. The number of carbonyl (C=O) groups excluding carboxylic acids is 1. The van der Waals surface area contributed by atoms with Crippen molar-refractivity contribution in [1.82, 2.24) is 5.32 Å². The Balaban J connectivity index is 2.01. The summed E-state index contributed by atoms with van der Waals surface area (Å²) in [6.45, 7) is 0.883. The third-order valence-electron chi connectivity index (χ3n) is 4.37. The molecule has 0 saturated carbocycles. The smallest absolute Gasteiger partial charge is 0.311 e. The third kappa shape index (κ3) is 4.17. The lowest BCUT2D eigenvalue weighted by atomic mass is 9.80. The van der Waals surface area contributed by atoms with Gasteiger partial charge in [0, 0.05) is 25.3 Å². The van der Waals surface area contributed by atoms with E-state index in [9.17, 15) is 14.7 Å². The zero-order valence-electron chi connectivity index (χ0n) is 14.0. The fourth-order valence-electron chi connectivity index (χ4n) is 2.75. The van der Waals surface area contributed by atoms with E-state index in [0.29, 0.717) is 43.1 Å². The van der Waals surface area contributed by atoms with Crippen LogP contribution in [0.25, 0.3) is 0 Å². The molecule has 0 bridgehead atoms. The average molecular weight is 337 g/mol. The van der Waals surface area contributed by atoms with Crippen LogP contribution in [-0.2, 0) is 20.7 Å². The molecule has 1 aromatic carbocycles. The molecular weight excluding hydrogens is 314 g/mol. The number of carboxylic acids is 1. The topological polar surface area (TPSA) is 94.1 Å². The van der Waals surface area contributed by atoms with Gasteiger partial charge in [0.05, 0.1) is 26.1 Å². The van der Waals surface area contributed by atoms with E-state index in [1.165, 1.54) is 7.11 Å². The molecular formula is C17H23NO6. The fourth-order valence-corrected chi connectivity index (χ4v) is 2.75. The van der Waals surface area contributed by atoms with Crippen LogP contribution in [-0.4, -0.2) is 51.0 Å². The van der Waals surface area contributed by atoms with Crippen molar-refractivity contribution in [2.75, 3.05) is 34.0 Å². The average Bonchev–Trinajstić information content (AvgIpc) is 2.60. The minimum Gasteiger partial charge on any atom is -0.497 e. The van der Waals surface area contributed by atoms with E-state index in [2.05, 4.69) is 5.32 Å². The Morgan fingerprint density at radius 1 is 1.25 bits per heavy atom. The number of rotatable bonds is 7. The lowest BCUT2D eigenvalue weighted by Crippen LogP contribution is -2.46. The summed E-state index contributed by atoms with van der Waals surface area (Å²) in [6, 6.07) is 5.22. The molecule has 1 aliphatic rings. The highest BCUT2D eigenvalue weighted by Gasteiger charge is 2.40. The van der Waals surface area contributed by atoms with Crippen LogP contribution in [0.15, 0.2) is 18.2 Å².